The summed E-state index contributed by atoms with van der Waals surface area (Å²) in [6.07, 6.45) is 0.991. The number of hydrogen-bond donors (Lipinski definition) is 2. The van der Waals surface area contributed by atoms with E-state index in [0.29, 0.717) is 23.7 Å². The van der Waals surface area contributed by atoms with Crippen LogP contribution in [0.15, 0.2) is 5.16 Å². The van der Waals surface area contributed by atoms with Gasteiger partial charge in [0.15, 0.2) is 5.16 Å². The van der Waals surface area contributed by atoms with Crippen molar-refractivity contribution in [2.75, 3.05) is 25.1 Å². The van der Waals surface area contributed by atoms with Crippen LogP contribution in [-0.2, 0) is 0 Å². The van der Waals surface area contributed by atoms with E-state index in [2.05, 4.69) is 27.2 Å². The van der Waals surface area contributed by atoms with Crippen molar-refractivity contribution in [1.82, 2.24) is 15.0 Å². The number of nitrogens with one attached hydrogen (secondary N) is 1. The van der Waals surface area contributed by atoms with Crippen molar-refractivity contribution in [3.05, 3.63) is 0 Å². The number of aliphatic hydroxyl groups is 1. The molecule has 0 spiro atoms. The van der Waals surface area contributed by atoms with Crippen LogP contribution in [0.2, 0.25) is 0 Å². The predicted molar refractivity (Wildman–Crippen MR) is 72.2 cm³/mol. The summed E-state index contributed by atoms with van der Waals surface area (Å²) in [5, 5.41) is 12.8. The van der Waals surface area contributed by atoms with Crippen molar-refractivity contribution >= 4 is 17.7 Å². The molecule has 2 N–H and O–H groups in total. The number of ether oxygens (including phenoxy) is 1. The topological polar surface area (TPSA) is 80.2 Å². The highest BCUT2D eigenvalue weighted by molar-refractivity contribution is 7.99. The first-order valence-corrected chi connectivity index (χ1v) is 6.97. The van der Waals surface area contributed by atoms with Crippen LogP contribution in [-0.4, -0.2) is 45.1 Å². The lowest BCUT2D eigenvalue weighted by Gasteiger charge is -2.10. The molecule has 1 aromatic heterocycles. The third-order valence-corrected chi connectivity index (χ3v) is 2.91. The monoisotopic (exact) mass is 272 g/mol. The molecule has 0 aliphatic heterocycles. The zero-order valence-corrected chi connectivity index (χ0v) is 11.8. The van der Waals surface area contributed by atoms with Gasteiger partial charge in [0.25, 0.3) is 0 Å². The summed E-state index contributed by atoms with van der Waals surface area (Å²) in [4.78, 5) is 12.6. The van der Waals surface area contributed by atoms with Gasteiger partial charge in [-0.2, -0.15) is 15.0 Å². The minimum Gasteiger partial charge on any atom is -0.464 e. The Kier molecular flexibility index (Phi) is 6.74. The molecular formula is C11H20N4O2S. The molecule has 0 bridgehead atoms. The fourth-order valence-electron chi connectivity index (χ4n) is 1.12. The van der Waals surface area contributed by atoms with E-state index in [1.54, 1.807) is 0 Å². The van der Waals surface area contributed by atoms with Crippen LogP contribution in [0.3, 0.4) is 0 Å². The van der Waals surface area contributed by atoms with Crippen molar-refractivity contribution in [2.45, 2.75) is 37.6 Å². The van der Waals surface area contributed by atoms with Crippen molar-refractivity contribution in [2.24, 2.45) is 0 Å². The van der Waals surface area contributed by atoms with Gasteiger partial charge >= 0.3 is 6.01 Å². The first kappa shape index (κ1) is 15.0. The van der Waals surface area contributed by atoms with E-state index in [1.807, 2.05) is 13.8 Å². The quantitative estimate of drug-likeness (QED) is 0.695. The molecule has 0 amide bonds. The molecule has 18 heavy (non-hydrogen) atoms. The molecule has 1 unspecified atom stereocenters. The van der Waals surface area contributed by atoms with E-state index in [-0.39, 0.29) is 11.9 Å². The van der Waals surface area contributed by atoms with Gasteiger partial charge < -0.3 is 15.2 Å². The highest BCUT2D eigenvalue weighted by Gasteiger charge is 2.10. The van der Waals surface area contributed by atoms with Gasteiger partial charge in [0.1, 0.15) is 0 Å². The maximum absolute atomic E-state index is 9.04. The number of hydrogen-bond acceptors (Lipinski definition) is 7. The smallest absolute Gasteiger partial charge is 0.322 e. The third kappa shape index (κ3) is 5.05. The first-order chi connectivity index (χ1) is 8.69. The van der Waals surface area contributed by atoms with Gasteiger partial charge in [-0.1, -0.05) is 25.6 Å². The number of rotatable bonds is 8. The molecule has 1 rings (SSSR count). The lowest BCUT2D eigenvalue weighted by molar-refractivity contribution is 0.299. The van der Waals surface area contributed by atoms with Gasteiger partial charge in [-0.05, 0) is 13.3 Å². The van der Waals surface area contributed by atoms with Gasteiger partial charge in [0, 0.05) is 11.8 Å². The number of thioether (sulfide) groups is 1. The largest absolute Gasteiger partial charge is 0.464 e. The SMILES string of the molecule is CCCNc1nc(OCC)nc(SC(C)CO)n1. The second-order valence-corrected chi connectivity index (χ2v) is 5.10. The Balaban J connectivity index is 2.83. The van der Waals surface area contributed by atoms with Gasteiger partial charge in [-0.15, -0.1) is 0 Å². The lowest BCUT2D eigenvalue weighted by Crippen LogP contribution is -2.10. The predicted octanol–water partition coefficient (Wildman–Crippen LogP) is 1.57. The Hall–Kier alpha value is -1.08. The average Bonchev–Trinajstić information content (AvgIpc) is 2.36. The van der Waals surface area contributed by atoms with E-state index >= 15 is 0 Å². The Labute approximate surface area is 112 Å². The summed E-state index contributed by atoms with van der Waals surface area (Å²) in [6.45, 7) is 7.26. The summed E-state index contributed by atoms with van der Waals surface area (Å²) < 4.78 is 5.30. The van der Waals surface area contributed by atoms with Crippen molar-refractivity contribution in [3.8, 4) is 6.01 Å². The van der Waals surface area contributed by atoms with Crippen molar-refractivity contribution in [3.63, 3.8) is 0 Å². The molecule has 0 aliphatic carbocycles. The lowest BCUT2D eigenvalue weighted by atomic mass is 10.5. The summed E-state index contributed by atoms with van der Waals surface area (Å²) in [5.41, 5.74) is 0. The fourth-order valence-corrected chi connectivity index (χ4v) is 1.82. The second kappa shape index (κ2) is 8.10. The van der Waals surface area contributed by atoms with E-state index in [9.17, 15) is 0 Å². The molecule has 0 radical (unpaired) electrons. The number of aliphatic hydroxyl groups excluding tert-OH is 1. The van der Waals surface area contributed by atoms with Crippen LogP contribution in [0.4, 0.5) is 5.95 Å². The van der Waals surface area contributed by atoms with Crippen LogP contribution in [0.5, 0.6) is 6.01 Å². The Morgan fingerprint density at radius 1 is 1.33 bits per heavy atom. The van der Waals surface area contributed by atoms with Crippen LogP contribution in [0, 0.1) is 0 Å². The summed E-state index contributed by atoms with van der Waals surface area (Å²) in [7, 11) is 0. The zero-order chi connectivity index (χ0) is 13.4. The van der Waals surface area contributed by atoms with Crippen LogP contribution in [0.25, 0.3) is 0 Å². The van der Waals surface area contributed by atoms with Gasteiger partial charge in [-0.3, -0.25) is 0 Å². The Bertz CT molecular complexity index is 365. The Morgan fingerprint density at radius 3 is 2.72 bits per heavy atom. The molecule has 6 nitrogen and oxygen atoms in total. The highest BCUT2D eigenvalue weighted by Crippen LogP contribution is 2.21. The molecule has 0 fully saturated rings. The van der Waals surface area contributed by atoms with Crippen LogP contribution < -0.4 is 10.1 Å². The molecule has 0 aliphatic rings. The van der Waals surface area contributed by atoms with Gasteiger partial charge in [0.05, 0.1) is 13.2 Å². The molecule has 0 saturated carbocycles. The molecule has 1 aromatic rings. The number of aromatic nitrogens is 3. The highest BCUT2D eigenvalue weighted by atomic mass is 32.2. The molecule has 7 heteroatoms. The van der Waals surface area contributed by atoms with Crippen LogP contribution >= 0.6 is 11.8 Å². The van der Waals surface area contributed by atoms with Crippen molar-refractivity contribution in [1.29, 1.82) is 0 Å². The Morgan fingerprint density at radius 2 is 2.11 bits per heavy atom. The third-order valence-electron chi connectivity index (χ3n) is 1.96. The van der Waals surface area contributed by atoms with E-state index in [0.717, 1.165) is 13.0 Å². The maximum atomic E-state index is 9.04. The second-order valence-electron chi connectivity index (χ2n) is 3.69. The first-order valence-electron chi connectivity index (χ1n) is 6.09. The van der Waals surface area contributed by atoms with Crippen molar-refractivity contribution < 1.29 is 9.84 Å². The molecule has 0 saturated heterocycles. The van der Waals surface area contributed by atoms with E-state index in [4.69, 9.17) is 9.84 Å². The van der Waals surface area contributed by atoms with Gasteiger partial charge in [-0.25, -0.2) is 0 Å². The molecule has 1 heterocycles. The number of anilines is 1. The molecule has 102 valence electrons. The minimum atomic E-state index is 0.0425. The zero-order valence-electron chi connectivity index (χ0n) is 11.0. The maximum Gasteiger partial charge on any atom is 0.322 e. The molecule has 1 atom stereocenters. The number of nitrogens with zero attached hydrogens (tertiary/aromatic N) is 3. The molecular weight excluding hydrogens is 252 g/mol. The fraction of sp³-hybridized carbons (Fsp3) is 0.727. The standard InChI is InChI=1S/C11H20N4O2S/c1-4-6-12-9-13-10(17-5-2)15-11(14-9)18-8(3)7-16/h8,16H,4-7H2,1-3H3,(H,12,13,14,15). The summed E-state index contributed by atoms with van der Waals surface area (Å²) in [5.74, 6) is 0.517. The normalized spacial score (nSPS) is 12.2. The van der Waals surface area contributed by atoms with Crippen LogP contribution in [0.1, 0.15) is 27.2 Å². The summed E-state index contributed by atoms with van der Waals surface area (Å²) >= 11 is 1.40. The van der Waals surface area contributed by atoms with E-state index in [1.165, 1.54) is 11.8 Å². The molecule has 0 aromatic carbocycles. The average molecular weight is 272 g/mol. The van der Waals surface area contributed by atoms with Gasteiger partial charge in [0.2, 0.25) is 5.95 Å². The van der Waals surface area contributed by atoms with E-state index < -0.39 is 0 Å². The minimum absolute atomic E-state index is 0.0425. The summed E-state index contributed by atoms with van der Waals surface area (Å²) in [6, 6.07) is 0.318.